The van der Waals surface area contributed by atoms with E-state index in [0.717, 1.165) is 23.5 Å². The zero-order valence-electron chi connectivity index (χ0n) is 21.4. The Morgan fingerprint density at radius 3 is 2.42 bits per heavy atom. The lowest BCUT2D eigenvalue weighted by molar-refractivity contribution is -0.307. The number of nitriles is 1. The van der Waals surface area contributed by atoms with Crippen molar-refractivity contribution in [2.45, 2.75) is 19.4 Å². The molecule has 3 aromatic rings. The number of ether oxygens (including phenoxy) is 1. The topological polar surface area (TPSA) is 199 Å². The maximum Gasteiger partial charge on any atom is 0.303 e. The molecule has 0 aliphatic carbocycles. The van der Waals surface area contributed by atoms with Crippen LogP contribution < -0.4 is 15.3 Å². The molecule has 2 aromatic carbocycles. The fraction of sp³-hybridized carbons (Fsp3) is 0.269. The molecule has 0 bridgehead atoms. The largest absolute Gasteiger partial charge is 0.550 e. The van der Waals surface area contributed by atoms with Gasteiger partial charge in [0.1, 0.15) is 0 Å². The second kappa shape index (κ2) is 12.9. The number of rotatable bonds is 12. The van der Waals surface area contributed by atoms with Gasteiger partial charge in [0.25, 0.3) is 16.0 Å². The summed E-state index contributed by atoms with van der Waals surface area (Å²) in [6, 6.07) is 14.1. The summed E-state index contributed by atoms with van der Waals surface area (Å²) in [7, 11) is -3.88. The van der Waals surface area contributed by atoms with Crippen LogP contribution in [0.5, 0.6) is 0 Å². The molecule has 0 spiro atoms. The summed E-state index contributed by atoms with van der Waals surface area (Å²) in [6.45, 7) is 0.145. The predicted molar refractivity (Wildman–Crippen MR) is 140 cm³/mol. The molecule has 210 valence electrons. The van der Waals surface area contributed by atoms with E-state index in [2.05, 4.69) is 10.3 Å². The number of anilines is 2. The second-order valence-electron chi connectivity index (χ2n) is 8.66. The quantitative estimate of drug-likeness (QED) is 0.231. The zero-order valence-corrected chi connectivity index (χ0v) is 22.3. The Hall–Kier alpha value is -4.74. The maximum atomic E-state index is 13.9. The van der Waals surface area contributed by atoms with Gasteiger partial charge < -0.3 is 29.8 Å². The summed E-state index contributed by atoms with van der Waals surface area (Å²) in [5.41, 5.74) is 1.35. The molecule has 0 fully saturated rings. The van der Waals surface area contributed by atoms with Gasteiger partial charge in [0.2, 0.25) is 5.91 Å². The van der Waals surface area contributed by atoms with Gasteiger partial charge >= 0.3 is 5.97 Å². The van der Waals surface area contributed by atoms with E-state index in [1.807, 2.05) is 6.07 Å². The number of carbonyl (C=O) groups excluding carboxylic acids is 4. The highest BCUT2D eigenvalue weighted by molar-refractivity contribution is 7.85. The molecular weight excluding hydrogens is 544 g/mol. The first kappa shape index (κ1) is 29.8. The van der Waals surface area contributed by atoms with Gasteiger partial charge in [-0.05, 0) is 47.9 Å². The Labute approximate surface area is 229 Å². The number of nitrogens with one attached hydrogen (secondary N) is 2. The fourth-order valence-electron chi connectivity index (χ4n) is 3.89. The van der Waals surface area contributed by atoms with E-state index in [4.69, 9.17) is 14.2 Å². The summed E-state index contributed by atoms with van der Waals surface area (Å²) in [4.78, 5) is 54.8. The highest BCUT2D eigenvalue weighted by atomic mass is 32.2. The van der Waals surface area contributed by atoms with Crippen LogP contribution in [-0.2, 0) is 38.2 Å². The Morgan fingerprint density at radius 1 is 1.12 bits per heavy atom. The molecule has 1 aromatic heterocycles. The van der Waals surface area contributed by atoms with E-state index < -0.39 is 58.9 Å². The number of hydrogen-bond acceptors (Lipinski definition) is 10. The molecule has 2 N–H and O–H groups in total. The number of carboxylic acids is 1. The molecule has 0 saturated carbocycles. The highest BCUT2D eigenvalue weighted by Gasteiger charge is 2.39. The number of benzene rings is 2. The first-order valence-corrected chi connectivity index (χ1v) is 13.6. The van der Waals surface area contributed by atoms with Gasteiger partial charge in [-0.15, -0.1) is 0 Å². The number of aliphatic carboxylic acids is 1. The van der Waals surface area contributed by atoms with Crippen LogP contribution in [0.25, 0.3) is 10.9 Å². The molecule has 40 heavy (non-hydrogen) atoms. The van der Waals surface area contributed by atoms with Crippen LogP contribution in [-0.4, -0.2) is 62.7 Å². The van der Waals surface area contributed by atoms with E-state index in [-0.39, 0.29) is 17.9 Å². The molecular formula is C26H25N4O9S-. The van der Waals surface area contributed by atoms with Crippen LogP contribution in [0.4, 0.5) is 11.4 Å². The van der Waals surface area contributed by atoms with Crippen molar-refractivity contribution in [3.8, 4) is 6.07 Å². The number of carbonyl (C=O) groups is 4. The van der Waals surface area contributed by atoms with Crippen molar-refractivity contribution in [3.63, 3.8) is 0 Å². The molecule has 0 saturated heterocycles. The number of hydrogen-bond donors (Lipinski definition) is 2. The maximum absolute atomic E-state index is 13.9. The molecule has 0 aliphatic heterocycles. The van der Waals surface area contributed by atoms with Crippen molar-refractivity contribution in [2.24, 2.45) is 5.92 Å². The molecule has 2 amide bonds. The Kier molecular flexibility index (Phi) is 9.59. The normalized spacial score (nSPS) is 12.6. The first-order chi connectivity index (χ1) is 18.9. The second-order valence-corrected chi connectivity index (χ2v) is 10.3. The average Bonchev–Trinajstić information content (AvgIpc) is 3.36. The minimum atomic E-state index is -3.88. The molecule has 14 heteroatoms. The summed E-state index contributed by atoms with van der Waals surface area (Å²) in [6.07, 6.45) is -0.429. The van der Waals surface area contributed by atoms with Gasteiger partial charge in [0, 0.05) is 42.4 Å². The first-order valence-electron chi connectivity index (χ1n) is 11.8. The third-order valence-electron chi connectivity index (χ3n) is 5.63. The number of amides is 2. The smallest absolute Gasteiger partial charge is 0.303 e. The van der Waals surface area contributed by atoms with Crippen LogP contribution in [0, 0.1) is 17.2 Å². The summed E-state index contributed by atoms with van der Waals surface area (Å²) in [5, 5.41) is 23.9. The fourth-order valence-corrected chi connectivity index (χ4v) is 4.27. The van der Waals surface area contributed by atoms with Crippen molar-refractivity contribution in [2.75, 3.05) is 29.6 Å². The number of carboxylic acid groups (broad SMARTS) is 1. The standard InChI is InChI=1S/C26H26N4O9S/c1-16(31)39-24(25(34)29-19-6-3-17(15-27)4-7-19)21(14-23(32)33)26(35)30(11-12-38-40(2,36)37)20-8-5-18-9-10-28-22(18)13-20/h3-10,13,21,24,28H,11-12,14H2,1-2H3,(H,29,34)(H,32,33)/p-1/t21-,24-/m1/s1. The third-order valence-corrected chi connectivity index (χ3v) is 6.23. The number of nitrogens with zero attached hydrogens (tertiary/aromatic N) is 2. The molecule has 2 atom stereocenters. The van der Waals surface area contributed by atoms with E-state index in [9.17, 15) is 32.7 Å². The average molecular weight is 570 g/mol. The Balaban J connectivity index is 2.01. The number of esters is 1. The number of aromatic amines is 1. The predicted octanol–water partition coefficient (Wildman–Crippen LogP) is 0.675. The van der Waals surface area contributed by atoms with E-state index >= 15 is 0 Å². The molecule has 3 rings (SSSR count). The van der Waals surface area contributed by atoms with Crippen LogP contribution in [0.15, 0.2) is 54.7 Å². The number of fused-ring (bicyclic) bond motifs is 1. The van der Waals surface area contributed by atoms with Crippen molar-refractivity contribution in [1.82, 2.24) is 4.98 Å². The minimum absolute atomic E-state index is 0.191. The molecule has 0 radical (unpaired) electrons. The van der Waals surface area contributed by atoms with Crippen LogP contribution in [0.1, 0.15) is 18.9 Å². The zero-order chi connectivity index (χ0) is 29.4. The molecule has 1 heterocycles. The number of H-pyrrole nitrogens is 1. The van der Waals surface area contributed by atoms with Crippen LogP contribution in [0.3, 0.4) is 0 Å². The lowest BCUT2D eigenvalue weighted by Gasteiger charge is -2.31. The lowest BCUT2D eigenvalue weighted by Crippen LogP contribution is -2.50. The van der Waals surface area contributed by atoms with Gasteiger partial charge in [0.05, 0.1) is 37.0 Å². The summed E-state index contributed by atoms with van der Waals surface area (Å²) < 4.78 is 33.0. The van der Waals surface area contributed by atoms with Crippen molar-refractivity contribution < 1.29 is 41.6 Å². The SMILES string of the molecule is CC(=O)O[C@@H](C(=O)Nc1ccc(C#N)cc1)[C@@H](CC(=O)[O-])C(=O)N(CCOS(C)(=O)=O)c1ccc2cc[nH]c2c1. The van der Waals surface area contributed by atoms with Crippen molar-refractivity contribution >= 4 is 56.1 Å². The summed E-state index contributed by atoms with van der Waals surface area (Å²) >= 11 is 0. The number of aromatic nitrogens is 1. The van der Waals surface area contributed by atoms with Gasteiger partial charge in [-0.1, -0.05) is 6.07 Å². The summed E-state index contributed by atoms with van der Waals surface area (Å²) in [5.74, 6) is -6.41. The van der Waals surface area contributed by atoms with Crippen molar-refractivity contribution in [1.29, 1.82) is 5.26 Å². The Morgan fingerprint density at radius 2 is 1.82 bits per heavy atom. The van der Waals surface area contributed by atoms with E-state index in [0.29, 0.717) is 11.1 Å². The van der Waals surface area contributed by atoms with E-state index in [1.54, 1.807) is 30.5 Å². The molecule has 13 nitrogen and oxygen atoms in total. The third kappa shape index (κ3) is 8.13. The van der Waals surface area contributed by atoms with Gasteiger partial charge in [-0.25, -0.2) is 0 Å². The monoisotopic (exact) mass is 569 g/mol. The molecule has 0 aliphatic rings. The van der Waals surface area contributed by atoms with Crippen LogP contribution >= 0.6 is 0 Å². The minimum Gasteiger partial charge on any atom is -0.550 e. The van der Waals surface area contributed by atoms with Gasteiger partial charge in [-0.3, -0.25) is 18.6 Å². The van der Waals surface area contributed by atoms with Gasteiger partial charge in [0.15, 0.2) is 6.10 Å². The van der Waals surface area contributed by atoms with Gasteiger partial charge in [-0.2, -0.15) is 13.7 Å². The highest BCUT2D eigenvalue weighted by Crippen LogP contribution is 2.26. The van der Waals surface area contributed by atoms with E-state index in [1.165, 1.54) is 24.3 Å². The van der Waals surface area contributed by atoms with Crippen LogP contribution in [0.2, 0.25) is 0 Å². The Bertz CT molecular complexity index is 1560. The van der Waals surface area contributed by atoms with Crippen molar-refractivity contribution in [3.05, 3.63) is 60.3 Å². The molecule has 0 unspecified atom stereocenters. The lowest BCUT2D eigenvalue weighted by atomic mass is 9.95.